The second-order valence-electron chi connectivity index (χ2n) is 6.13. The summed E-state index contributed by atoms with van der Waals surface area (Å²) in [5.41, 5.74) is 0.925. The number of furan rings is 1. The van der Waals surface area contributed by atoms with Gasteiger partial charge in [0.15, 0.2) is 15.6 Å². The Bertz CT molecular complexity index is 1030. The highest BCUT2D eigenvalue weighted by atomic mass is 35.5. The first-order valence-corrected chi connectivity index (χ1v) is 10.2. The highest BCUT2D eigenvalue weighted by molar-refractivity contribution is 7.90. The molecule has 27 heavy (non-hydrogen) atoms. The number of hydrogen-bond acceptors (Lipinski definition) is 4. The van der Waals surface area contributed by atoms with Crippen LogP contribution in [-0.2, 0) is 22.1 Å². The normalized spacial score (nSPS) is 11.3. The summed E-state index contributed by atoms with van der Waals surface area (Å²) in [6.45, 7) is 0.383. The van der Waals surface area contributed by atoms with Crippen molar-refractivity contribution in [2.24, 2.45) is 0 Å². The summed E-state index contributed by atoms with van der Waals surface area (Å²) in [6.07, 6.45) is 0. The molecular weight excluding hydrogens is 386 g/mol. The van der Waals surface area contributed by atoms with Crippen molar-refractivity contribution in [2.45, 2.75) is 17.2 Å². The first-order chi connectivity index (χ1) is 12.8. The lowest BCUT2D eigenvalue weighted by Gasteiger charge is -2.15. The van der Waals surface area contributed by atoms with E-state index in [1.165, 1.54) is 29.2 Å². The van der Waals surface area contributed by atoms with Crippen LogP contribution in [0.3, 0.4) is 0 Å². The highest BCUT2D eigenvalue weighted by Gasteiger charge is 2.20. The predicted molar refractivity (Wildman–Crippen MR) is 103 cm³/mol. The number of carbonyl (C=O) groups is 1. The average Bonchev–Trinajstić information content (AvgIpc) is 3.11. The minimum atomic E-state index is -3.53. The molecule has 0 saturated carbocycles. The van der Waals surface area contributed by atoms with Gasteiger partial charge < -0.3 is 9.32 Å². The van der Waals surface area contributed by atoms with Gasteiger partial charge >= 0.3 is 0 Å². The van der Waals surface area contributed by atoms with Gasteiger partial charge in [0.2, 0.25) is 0 Å². The first-order valence-electron chi connectivity index (χ1n) is 8.21. The Labute approximate surface area is 163 Å². The maximum Gasteiger partial charge on any atom is 0.289 e. The van der Waals surface area contributed by atoms with Crippen LogP contribution in [0, 0.1) is 0 Å². The van der Waals surface area contributed by atoms with E-state index in [1.54, 1.807) is 37.4 Å². The maximum atomic E-state index is 12.5. The fraction of sp³-hybridized carbons (Fsp3) is 0.150. The van der Waals surface area contributed by atoms with Crippen LogP contribution in [0.5, 0.6) is 0 Å². The summed E-state index contributed by atoms with van der Waals surface area (Å²) in [7, 11) is -1.88. The molecule has 1 heterocycles. The monoisotopic (exact) mass is 403 g/mol. The fourth-order valence-electron chi connectivity index (χ4n) is 2.59. The molecule has 0 atom stereocenters. The van der Waals surface area contributed by atoms with Crippen molar-refractivity contribution in [1.82, 2.24) is 4.90 Å². The van der Waals surface area contributed by atoms with E-state index < -0.39 is 9.84 Å². The molecule has 0 bridgehead atoms. The third-order valence-electron chi connectivity index (χ3n) is 3.99. The third-order valence-corrected chi connectivity index (χ3v) is 5.89. The minimum Gasteiger partial charge on any atom is -0.455 e. The molecule has 0 fully saturated rings. The Morgan fingerprint density at radius 3 is 2.33 bits per heavy atom. The zero-order valence-corrected chi connectivity index (χ0v) is 16.2. The lowest BCUT2D eigenvalue weighted by atomic mass is 10.2. The van der Waals surface area contributed by atoms with E-state index in [0.29, 0.717) is 11.6 Å². The summed E-state index contributed by atoms with van der Waals surface area (Å²) in [4.78, 5) is 14.2. The lowest BCUT2D eigenvalue weighted by molar-refractivity contribution is 0.0752. The van der Waals surface area contributed by atoms with Crippen molar-refractivity contribution >= 4 is 27.3 Å². The van der Waals surface area contributed by atoms with Gasteiger partial charge in [0, 0.05) is 18.6 Å². The van der Waals surface area contributed by atoms with Crippen molar-refractivity contribution in [3.8, 4) is 0 Å². The van der Waals surface area contributed by atoms with Gasteiger partial charge in [0.25, 0.3) is 5.91 Å². The van der Waals surface area contributed by atoms with Gasteiger partial charge in [-0.15, -0.1) is 0 Å². The van der Waals surface area contributed by atoms with Gasteiger partial charge in [-0.05, 0) is 42.0 Å². The molecule has 0 saturated heterocycles. The van der Waals surface area contributed by atoms with Crippen LogP contribution in [-0.4, -0.2) is 26.3 Å². The number of amides is 1. The molecule has 7 heteroatoms. The van der Waals surface area contributed by atoms with E-state index >= 15 is 0 Å². The number of carbonyl (C=O) groups excluding carboxylic acids is 1. The molecular formula is C20H18ClNO4S. The number of halogens is 1. The molecule has 3 aromatic rings. The summed E-state index contributed by atoms with van der Waals surface area (Å²) in [5.74, 6) is -0.300. The molecule has 3 rings (SSSR count). The lowest BCUT2D eigenvalue weighted by Crippen LogP contribution is -2.25. The predicted octanol–water partition coefficient (Wildman–Crippen LogP) is 4.18. The largest absolute Gasteiger partial charge is 0.455 e. The number of rotatable bonds is 6. The molecule has 0 aliphatic carbocycles. The van der Waals surface area contributed by atoms with E-state index in [9.17, 15) is 13.2 Å². The molecule has 0 aliphatic rings. The molecule has 0 radical (unpaired) electrons. The van der Waals surface area contributed by atoms with Crippen LogP contribution in [0.2, 0.25) is 5.02 Å². The van der Waals surface area contributed by atoms with Crippen LogP contribution in [0.1, 0.15) is 21.9 Å². The molecule has 140 valence electrons. The number of benzene rings is 2. The first kappa shape index (κ1) is 19.2. The quantitative estimate of drug-likeness (QED) is 0.619. The molecule has 0 aliphatic heterocycles. The molecule has 2 aromatic carbocycles. The second kappa shape index (κ2) is 7.98. The molecule has 0 spiro atoms. The summed E-state index contributed by atoms with van der Waals surface area (Å²) in [6, 6.07) is 18.3. The number of sulfone groups is 1. The van der Waals surface area contributed by atoms with Crippen LogP contribution in [0.15, 0.2) is 76.0 Å². The molecule has 1 aromatic heterocycles. The Hall–Kier alpha value is -2.57. The van der Waals surface area contributed by atoms with Crippen LogP contribution in [0.4, 0.5) is 0 Å². The van der Waals surface area contributed by atoms with Gasteiger partial charge in [-0.25, -0.2) is 8.42 Å². The topological polar surface area (TPSA) is 67.6 Å². The highest BCUT2D eigenvalue weighted by Crippen LogP contribution is 2.19. The van der Waals surface area contributed by atoms with E-state index in [4.69, 9.17) is 16.0 Å². The van der Waals surface area contributed by atoms with Crippen LogP contribution < -0.4 is 0 Å². The van der Waals surface area contributed by atoms with E-state index in [2.05, 4.69) is 0 Å². The van der Waals surface area contributed by atoms with Gasteiger partial charge in [0.1, 0.15) is 11.5 Å². The van der Waals surface area contributed by atoms with Gasteiger partial charge in [-0.3, -0.25) is 4.79 Å². The molecule has 1 amide bonds. The van der Waals surface area contributed by atoms with E-state index in [0.717, 1.165) is 5.56 Å². The van der Waals surface area contributed by atoms with Crippen molar-refractivity contribution in [1.29, 1.82) is 0 Å². The zero-order chi connectivity index (χ0) is 19.4. The Kier molecular flexibility index (Phi) is 5.68. The fourth-order valence-corrected chi connectivity index (χ4v) is 3.99. The Morgan fingerprint density at radius 2 is 1.67 bits per heavy atom. The average molecular weight is 404 g/mol. The van der Waals surface area contributed by atoms with Crippen LogP contribution >= 0.6 is 11.6 Å². The van der Waals surface area contributed by atoms with Crippen molar-refractivity contribution in [3.63, 3.8) is 0 Å². The zero-order valence-electron chi connectivity index (χ0n) is 14.6. The van der Waals surface area contributed by atoms with Crippen molar-refractivity contribution < 1.29 is 17.6 Å². The third kappa shape index (κ3) is 4.78. The van der Waals surface area contributed by atoms with Crippen molar-refractivity contribution in [3.05, 3.63) is 88.8 Å². The summed E-state index contributed by atoms with van der Waals surface area (Å²) in [5, 5.41) is 0.628. The number of hydrogen-bond donors (Lipinski definition) is 0. The van der Waals surface area contributed by atoms with Gasteiger partial charge in [0.05, 0.1) is 4.90 Å². The second-order valence-corrected chi connectivity index (χ2v) is 8.55. The smallest absolute Gasteiger partial charge is 0.289 e. The van der Waals surface area contributed by atoms with Crippen molar-refractivity contribution in [2.75, 3.05) is 7.05 Å². The van der Waals surface area contributed by atoms with Gasteiger partial charge in [-0.1, -0.05) is 41.9 Å². The van der Waals surface area contributed by atoms with Crippen LogP contribution in [0.25, 0.3) is 0 Å². The summed E-state index contributed by atoms with van der Waals surface area (Å²) >= 11 is 5.86. The molecule has 5 nitrogen and oxygen atoms in total. The van der Waals surface area contributed by atoms with E-state index in [1.807, 2.05) is 12.1 Å². The number of nitrogens with zero attached hydrogens (tertiary/aromatic N) is 1. The standard InChI is InChI=1S/C20H18ClNO4S/c1-22(13-15-7-9-16(21)10-8-15)20(23)19-12-11-17(26-19)14-27(24,25)18-5-3-2-4-6-18/h2-12H,13-14H2,1H3. The minimum absolute atomic E-state index is 0.102. The SMILES string of the molecule is CN(Cc1ccc(Cl)cc1)C(=O)c1ccc(CS(=O)(=O)c2ccccc2)o1. The Morgan fingerprint density at radius 1 is 1.00 bits per heavy atom. The van der Waals surface area contributed by atoms with E-state index in [-0.39, 0.29) is 28.1 Å². The summed E-state index contributed by atoms with van der Waals surface area (Å²) < 4.78 is 30.3. The Balaban J connectivity index is 1.69. The maximum absolute atomic E-state index is 12.5. The molecule has 0 unspecified atom stereocenters. The van der Waals surface area contributed by atoms with Gasteiger partial charge in [-0.2, -0.15) is 0 Å². The molecule has 0 N–H and O–H groups in total.